The third-order valence-corrected chi connectivity index (χ3v) is 3.74. The lowest BCUT2D eigenvalue weighted by Crippen LogP contribution is -2.29. The van der Waals surface area contributed by atoms with Crippen molar-refractivity contribution in [2.75, 3.05) is 5.32 Å². The zero-order chi connectivity index (χ0) is 16.3. The highest BCUT2D eigenvalue weighted by molar-refractivity contribution is 6.16. The lowest BCUT2D eigenvalue weighted by molar-refractivity contribution is -0.117. The first kappa shape index (κ1) is 15.5. The minimum Gasteiger partial charge on any atom is -0.351 e. The van der Waals surface area contributed by atoms with E-state index in [0.717, 1.165) is 11.4 Å². The number of amides is 1. The second-order valence-electron chi connectivity index (χ2n) is 5.13. The van der Waals surface area contributed by atoms with E-state index in [-0.39, 0.29) is 0 Å². The third kappa shape index (κ3) is 2.91. The molecule has 1 heterocycles. The number of para-hydroxylation sites is 1. The molecule has 1 unspecified atom stereocenters. The first-order valence-electron chi connectivity index (χ1n) is 6.88. The Kier molecular flexibility index (Phi) is 4.42. The van der Waals surface area contributed by atoms with Crippen molar-refractivity contribution in [3.63, 3.8) is 0 Å². The maximum Gasteiger partial charge on any atom is 0.249 e. The summed E-state index contributed by atoms with van der Waals surface area (Å²) in [5.74, 6) is -2.45. The van der Waals surface area contributed by atoms with Crippen LogP contribution in [0.5, 0.6) is 0 Å². The van der Waals surface area contributed by atoms with Crippen LogP contribution >= 0.6 is 0 Å². The summed E-state index contributed by atoms with van der Waals surface area (Å²) in [6.45, 7) is 3.67. The van der Waals surface area contributed by atoms with Crippen LogP contribution in [0.25, 0.3) is 0 Å². The summed E-state index contributed by atoms with van der Waals surface area (Å²) in [5.41, 5.74) is 2.62. The summed E-state index contributed by atoms with van der Waals surface area (Å²) in [4.78, 5) is 24.7. The van der Waals surface area contributed by atoms with Crippen LogP contribution in [0.1, 0.15) is 21.7 Å². The Morgan fingerprint density at radius 3 is 2.36 bits per heavy atom. The van der Waals surface area contributed by atoms with Gasteiger partial charge in [-0.2, -0.15) is 5.26 Å². The summed E-state index contributed by atoms with van der Waals surface area (Å²) in [7, 11) is 1.84. The van der Waals surface area contributed by atoms with E-state index in [4.69, 9.17) is 0 Å². The van der Waals surface area contributed by atoms with Crippen molar-refractivity contribution in [1.82, 2.24) is 4.57 Å². The Bertz CT molecular complexity index is 754. The average molecular weight is 295 g/mol. The number of nitrogens with zero attached hydrogens (tertiary/aromatic N) is 2. The van der Waals surface area contributed by atoms with Gasteiger partial charge >= 0.3 is 0 Å². The molecule has 5 heteroatoms. The molecule has 1 atom stereocenters. The number of Topliss-reactive ketones (excluding diaryl/α,β-unsaturated/α-hetero) is 1. The van der Waals surface area contributed by atoms with Gasteiger partial charge < -0.3 is 9.88 Å². The van der Waals surface area contributed by atoms with Gasteiger partial charge in [-0.1, -0.05) is 18.2 Å². The van der Waals surface area contributed by atoms with Crippen molar-refractivity contribution in [3.8, 4) is 6.07 Å². The SMILES string of the molecule is Cc1cc(C(=O)C(C#N)C(=O)Nc2ccccc2)c(C)n1C. The maximum absolute atomic E-state index is 12.5. The molecule has 0 saturated carbocycles. The zero-order valence-electron chi connectivity index (χ0n) is 12.8. The van der Waals surface area contributed by atoms with Crippen LogP contribution in [-0.4, -0.2) is 16.3 Å². The summed E-state index contributed by atoms with van der Waals surface area (Å²) in [5, 5.41) is 11.8. The Hall–Kier alpha value is -2.87. The molecule has 0 spiro atoms. The molecule has 1 N–H and O–H groups in total. The number of hydrogen-bond donors (Lipinski definition) is 1. The van der Waals surface area contributed by atoms with E-state index < -0.39 is 17.6 Å². The topological polar surface area (TPSA) is 74.9 Å². The van der Waals surface area contributed by atoms with Crippen LogP contribution in [0.3, 0.4) is 0 Å². The monoisotopic (exact) mass is 295 g/mol. The fourth-order valence-corrected chi connectivity index (χ4v) is 2.23. The molecular formula is C17H17N3O2. The van der Waals surface area contributed by atoms with E-state index in [9.17, 15) is 14.9 Å². The number of carbonyl (C=O) groups is 2. The van der Waals surface area contributed by atoms with Crippen LogP contribution < -0.4 is 5.32 Å². The zero-order valence-corrected chi connectivity index (χ0v) is 12.8. The van der Waals surface area contributed by atoms with Gasteiger partial charge in [-0.15, -0.1) is 0 Å². The van der Waals surface area contributed by atoms with Crippen molar-refractivity contribution in [1.29, 1.82) is 5.26 Å². The molecule has 0 aliphatic rings. The van der Waals surface area contributed by atoms with E-state index in [1.807, 2.05) is 24.6 Å². The predicted octanol–water partition coefficient (Wildman–Crippen LogP) is 2.60. The van der Waals surface area contributed by atoms with E-state index >= 15 is 0 Å². The van der Waals surface area contributed by atoms with Gasteiger partial charge in [-0.25, -0.2) is 0 Å². The summed E-state index contributed by atoms with van der Waals surface area (Å²) in [6, 6.07) is 12.3. The molecule has 1 aromatic carbocycles. The molecule has 0 saturated heterocycles. The van der Waals surface area contributed by atoms with Gasteiger partial charge in [0.05, 0.1) is 6.07 Å². The van der Waals surface area contributed by atoms with E-state index in [0.29, 0.717) is 11.3 Å². The van der Waals surface area contributed by atoms with Gasteiger partial charge in [-0.3, -0.25) is 9.59 Å². The molecular weight excluding hydrogens is 278 g/mol. The minimum atomic E-state index is -1.36. The molecule has 1 aromatic heterocycles. The molecule has 0 aliphatic carbocycles. The highest BCUT2D eigenvalue weighted by Crippen LogP contribution is 2.19. The number of nitrogens with one attached hydrogen (secondary N) is 1. The molecule has 0 aliphatic heterocycles. The summed E-state index contributed by atoms with van der Waals surface area (Å²) < 4.78 is 1.86. The van der Waals surface area contributed by atoms with Gasteiger partial charge in [0.25, 0.3) is 0 Å². The van der Waals surface area contributed by atoms with Gasteiger partial charge in [0.15, 0.2) is 11.7 Å². The Balaban J connectivity index is 2.24. The quantitative estimate of drug-likeness (QED) is 0.696. The first-order valence-corrected chi connectivity index (χ1v) is 6.88. The molecule has 0 radical (unpaired) electrons. The lowest BCUT2D eigenvalue weighted by Gasteiger charge is -2.09. The Labute approximate surface area is 129 Å². The summed E-state index contributed by atoms with van der Waals surface area (Å²) >= 11 is 0. The van der Waals surface area contributed by atoms with Crippen LogP contribution in [0.4, 0.5) is 5.69 Å². The number of aryl methyl sites for hydroxylation is 1. The first-order chi connectivity index (χ1) is 10.5. The van der Waals surface area contributed by atoms with Crippen LogP contribution in [0.15, 0.2) is 36.4 Å². The highest BCUT2D eigenvalue weighted by atomic mass is 16.2. The third-order valence-electron chi connectivity index (χ3n) is 3.74. The van der Waals surface area contributed by atoms with E-state index in [1.165, 1.54) is 0 Å². The molecule has 1 amide bonds. The molecule has 5 nitrogen and oxygen atoms in total. The fraction of sp³-hybridized carbons (Fsp3) is 0.235. The van der Waals surface area contributed by atoms with Crippen molar-refractivity contribution in [2.45, 2.75) is 13.8 Å². The van der Waals surface area contributed by atoms with Gasteiger partial charge in [0.2, 0.25) is 5.91 Å². The molecule has 2 rings (SSSR count). The van der Waals surface area contributed by atoms with Crippen LogP contribution in [-0.2, 0) is 11.8 Å². The summed E-state index contributed by atoms with van der Waals surface area (Å²) in [6.07, 6.45) is 0. The number of hydrogen-bond acceptors (Lipinski definition) is 3. The number of aromatic nitrogens is 1. The minimum absolute atomic E-state index is 0.412. The van der Waals surface area contributed by atoms with Gasteiger partial charge in [-0.05, 0) is 32.0 Å². The van der Waals surface area contributed by atoms with Crippen molar-refractivity contribution >= 4 is 17.4 Å². The van der Waals surface area contributed by atoms with Gasteiger partial charge in [0.1, 0.15) is 0 Å². The second kappa shape index (κ2) is 6.27. The molecule has 0 fully saturated rings. The number of nitriles is 1. The number of benzene rings is 1. The van der Waals surface area contributed by atoms with Gasteiger partial charge in [0, 0.05) is 29.7 Å². The number of ketones is 1. The largest absolute Gasteiger partial charge is 0.351 e. The highest BCUT2D eigenvalue weighted by Gasteiger charge is 2.29. The van der Waals surface area contributed by atoms with E-state index in [2.05, 4.69) is 5.32 Å². The standard InChI is InChI=1S/C17H17N3O2/c1-11-9-14(12(2)20(11)3)16(21)15(10-18)17(22)19-13-7-5-4-6-8-13/h4-9,15H,1-3H3,(H,19,22). The lowest BCUT2D eigenvalue weighted by atomic mass is 9.98. The van der Waals surface area contributed by atoms with Crippen molar-refractivity contribution in [2.24, 2.45) is 13.0 Å². The maximum atomic E-state index is 12.5. The van der Waals surface area contributed by atoms with E-state index in [1.54, 1.807) is 43.3 Å². The fourth-order valence-electron chi connectivity index (χ4n) is 2.23. The van der Waals surface area contributed by atoms with Crippen LogP contribution in [0.2, 0.25) is 0 Å². The number of anilines is 1. The Morgan fingerprint density at radius 1 is 1.23 bits per heavy atom. The molecule has 0 bridgehead atoms. The molecule has 112 valence electrons. The van der Waals surface area contributed by atoms with Crippen LogP contribution in [0, 0.1) is 31.1 Å². The molecule has 22 heavy (non-hydrogen) atoms. The van der Waals surface area contributed by atoms with Crippen molar-refractivity contribution in [3.05, 3.63) is 53.3 Å². The average Bonchev–Trinajstić information content (AvgIpc) is 2.76. The smallest absolute Gasteiger partial charge is 0.249 e. The number of rotatable bonds is 4. The molecule has 2 aromatic rings. The number of carbonyl (C=O) groups excluding carboxylic acids is 2. The normalized spacial score (nSPS) is 11.5. The Morgan fingerprint density at radius 2 is 1.86 bits per heavy atom. The predicted molar refractivity (Wildman–Crippen MR) is 83.4 cm³/mol. The second-order valence-corrected chi connectivity index (χ2v) is 5.13. The van der Waals surface area contributed by atoms with Crippen molar-refractivity contribution < 1.29 is 9.59 Å².